The molecule has 0 radical (unpaired) electrons. The molecule has 0 aliphatic heterocycles. The molecule has 0 aromatic carbocycles. The van der Waals surface area contributed by atoms with Gasteiger partial charge in [0.25, 0.3) is 0 Å². The minimum absolute atomic E-state index is 0.154. The highest BCUT2D eigenvalue weighted by Gasteiger charge is 2.19. The second-order valence-electron chi connectivity index (χ2n) is 3.21. The van der Waals surface area contributed by atoms with E-state index in [9.17, 15) is 4.79 Å². The molecule has 0 spiro atoms. The van der Waals surface area contributed by atoms with Gasteiger partial charge in [-0.15, -0.1) is 0 Å². The van der Waals surface area contributed by atoms with Gasteiger partial charge in [0.2, 0.25) is 0 Å². The summed E-state index contributed by atoms with van der Waals surface area (Å²) < 4.78 is 0. The topological polar surface area (TPSA) is 20.3 Å². The highest BCUT2D eigenvalue weighted by atomic mass is 16.1. The summed E-state index contributed by atoms with van der Waals surface area (Å²) in [6.07, 6.45) is 2.01. The average molecular weight is 143 g/mol. The van der Waals surface area contributed by atoms with Crippen LogP contribution in [-0.4, -0.2) is 30.3 Å². The average Bonchev–Trinajstić information content (AvgIpc) is 1.89. The number of hydrogen-bond donors (Lipinski definition) is 0. The van der Waals surface area contributed by atoms with Crippen LogP contribution in [0.15, 0.2) is 0 Å². The van der Waals surface area contributed by atoms with Crippen molar-refractivity contribution in [1.82, 2.24) is 4.90 Å². The van der Waals surface area contributed by atoms with E-state index >= 15 is 0 Å². The minimum atomic E-state index is 0.154. The third kappa shape index (κ3) is 2.48. The molecule has 0 amide bonds. The molecule has 0 heterocycles. The van der Waals surface area contributed by atoms with Crippen LogP contribution in [0.25, 0.3) is 0 Å². The number of rotatable bonds is 4. The maximum absolute atomic E-state index is 10.1. The number of carbonyl (C=O) groups is 1. The molecule has 0 atom stereocenters. The molecule has 0 aliphatic carbocycles. The Bertz CT molecular complexity index is 110. The zero-order chi connectivity index (χ0) is 8.20. The van der Waals surface area contributed by atoms with Crippen molar-refractivity contribution in [2.45, 2.75) is 32.7 Å². The van der Waals surface area contributed by atoms with Crippen molar-refractivity contribution < 1.29 is 4.79 Å². The number of aldehydes is 1. The van der Waals surface area contributed by atoms with E-state index in [1.165, 1.54) is 0 Å². The van der Waals surface area contributed by atoms with Crippen LogP contribution >= 0.6 is 0 Å². The molecule has 0 unspecified atom stereocenters. The zero-order valence-electron chi connectivity index (χ0n) is 7.35. The molecule has 60 valence electrons. The Hall–Kier alpha value is -0.370. The molecule has 0 saturated carbocycles. The summed E-state index contributed by atoms with van der Waals surface area (Å²) in [4.78, 5) is 12.2. The molecule has 2 heteroatoms. The first-order valence-corrected chi connectivity index (χ1v) is 3.69. The SMILES string of the molecule is CCC(C)(C)N(C)CC=O. The maximum atomic E-state index is 10.1. The van der Waals surface area contributed by atoms with Crippen LogP contribution in [-0.2, 0) is 4.79 Å². The first kappa shape index (κ1) is 9.63. The number of nitrogens with zero attached hydrogens (tertiary/aromatic N) is 1. The second-order valence-corrected chi connectivity index (χ2v) is 3.21. The molecule has 0 saturated heterocycles. The van der Waals surface area contributed by atoms with Crippen molar-refractivity contribution in [1.29, 1.82) is 0 Å². The van der Waals surface area contributed by atoms with E-state index in [1.807, 2.05) is 7.05 Å². The Balaban J connectivity index is 3.89. The monoisotopic (exact) mass is 143 g/mol. The summed E-state index contributed by atoms with van der Waals surface area (Å²) >= 11 is 0. The van der Waals surface area contributed by atoms with Gasteiger partial charge < -0.3 is 4.79 Å². The van der Waals surface area contributed by atoms with Gasteiger partial charge in [0.1, 0.15) is 6.29 Å². The number of carbonyl (C=O) groups excluding carboxylic acids is 1. The van der Waals surface area contributed by atoms with Crippen LogP contribution in [0.1, 0.15) is 27.2 Å². The normalized spacial score (nSPS) is 12.1. The Kier molecular flexibility index (Phi) is 3.58. The molecule has 0 rings (SSSR count). The van der Waals surface area contributed by atoms with Gasteiger partial charge in [0, 0.05) is 5.54 Å². The van der Waals surface area contributed by atoms with Gasteiger partial charge in [-0.3, -0.25) is 4.90 Å². The van der Waals surface area contributed by atoms with Crippen molar-refractivity contribution in [3.63, 3.8) is 0 Å². The van der Waals surface area contributed by atoms with Crippen LogP contribution in [0.4, 0.5) is 0 Å². The lowest BCUT2D eigenvalue weighted by molar-refractivity contribution is -0.109. The van der Waals surface area contributed by atoms with Gasteiger partial charge >= 0.3 is 0 Å². The largest absolute Gasteiger partial charge is 0.302 e. The van der Waals surface area contributed by atoms with Gasteiger partial charge in [-0.05, 0) is 27.3 Å². The van der Waals surface area contributed by atoms with E-state index < -0.39 is 0 Å². The predicted molar refractivity (Wildman–Crippen MR) is 43.1 cm³/mol. The fourth-order valence-corrected chi connectivity index (χ4v) is 0.629. The minimum Gasteiger partial charge on any atom is -0.302 e. The van der Waals surface area contributed by atoms with Crippen LogP contribution < -0.4 is 0 Å². The standard InChI is InChI=1S/C8H17NO/c1-5-8(2,3)9(4)6-7-10/h7H,5-6H2,1-4H3. The molecule has 0 N–H and O–H groups in total. The Morgan fingerprint density at radius 2 is 2.00 bits per heavy atom. The molecule has 2 nitrogen and oxygen atoms in total. The van der Waals surface area contributed by atoms with Crippen LogP contribution in [0.3, 0.4) is 0 Å². The van der Waals surface area contributed by atoms with Crippen LogP contribution in [0.5, 0.6) is 0 Å². The van der Waals surface area contributed by atoms with E-state index in [2.05, 4.69) is 25.7 Å². The highest BCUT2D eigenvalue weighted by molar-refractivity contribution is 5.52. The molecular weight excluding hydrogens is 126 g/mol. The van der Waals surface area contributed by atoms with Gasteiger partial charge in [-0.2, -0.15) is 0 Å². The van der Waals surface area contributed by atoms with Crippen molar-refractivity contribution in [3.8, 4) is 0 Å². The fourth-order valence-electron chi connectivity index (χ4n) is 0.629. The maximum Gasteiger partial charge on any atom is 0.133 e. The lowest BCUT2D eigenvalue weighted by Gasteiger charge is -2.33. The third-order valence-corrected chi connectivity index (χ3v) is 2.25. The summed E-state index contributed by atoms with van der Waals surface area (Å²) in [7, 11) is 1.97. The quantitative estimate of drug-likeness (QED) is 0.553. The van der Waals surface area contributed by atoms with Gasteiger partial charge in [0.15, 0.2) is 0 Å². The number of hydrogen-bond acceptors (Lipinski definition) is 2. The Labute approximate surface area is 63.2 Å². The Morgan fingerprint density at radius 1 is 1.50 bits per heavy atom. The summed E-state index contributed by atoms with van der Waals surface area (Å²) in [5.41, 5.74) is 0.154. The van der Waals surface area contributed by atoms with Gasteiger partial charge in [-0.1, -0.05) is 6.92 Å². The van der Waals surface area contributed by atoms with Crippen LogP contribution in [0, 0.1) is 0 Å². The molecule has 0 fully saturated rings. The fraction of sp³-hybridized carbons (Fsp3) is 0.875. The van der Waals surface area contributed by atoms with Gasteiger partial charge in [0.05, 0.1) is 6.54 Å². The molecular formula is C8H17NO. The van der Waals surface area contributed by atoms with Crippen molar-refractivity contribution in [2.24, 2.45) is 0 Å². The lowest BCUT2D eigenvalue weighted by atomic mass is 10.0. The first-order chi connectivity index (χ1) is 4.54. The molecule has 0 aliphatic rings. The molecule has 0 aromatic heterocycles. The molecule has 0 aromatic rings. The lowest BCUT2D eigenvalue weighted by Crippen LogP contribution is -2.41. The van der Waals surface area contributed by atoms with E-state index in [-0.39, 0.29) is 5.54 Å². The first-order valence-electron chi connectivity index (χ1n) is 3.69. The smallest absolute Gasteiger partial charge is 0.133 e. The summed E-state index contributed by atoms with van der Waals surface area (Å²) in [5, 5.41) is 0. The van der Waals surface area contributed by atoms with E-state index in [0.29, 0.717) is 6.54 Å². The van der Waals surface area contributed by atoms with E-state index in [0.717, 1.165) is 12.7 Å². The van der Waals surface area contributed by atoms with Crippen LogP contribution in [0.2, 0.25) is 0 Å². The summed E-state index contributed by atoms with van der Waals surface area (Å²) in [6.45, 7) is 6.93. The highest BCUT2D eigenvalue weighted by Crippen LogP contribution is 2.14. The Morgan fingerprint density at radius 3 is 2.30 bits per heavy atom. The molecule has 0 bridgehead atoms. The summed E-state index contributed by atoms with van der Waals surface area (Å²) in [6, 6.07) is 0. The zero-order valence-corrected chi connectivity index (χ0v) is 7.35. The molecule has 10 heavy (non-hydrogen) atoms. The van der Waals surface area contributed by atoms with E-state index in [4.69, 9.17) is 0 Å². The number of likely N-dealkylation sites (N-methyl/N-ethyl adjacent to an activating group) is 1. The predicted octanol–water partition coefficient (Wildman–Crippen LogP) is 1.31. The second kappa shape index (κ2) is 3.71. The van der Waals surface area contributed by atoms with E-state index in [1.54, 1.807) is 0 Å². The third-order valence-electron chi connectivity index (χ3n) is 2.25. The van der Waals surface area contributed by atoms with Crippen molar-refractivity contribution in [2.75, 3.05) is 13.6 Å². The van der Waals surface area contributed by atoms with Crippen molar-refractivity contribution >= 4 is 6.29 Å². The summed E-state index contributed by atoms with van der Waals surface area (Å²) in [5.74, 6) is 0. The van der Waals surface area contributed by atoms with Gasteiger partial charge in [-0.25, -0.2) is 0 Å². The van der Waals surface area contributed by atoms with Crippen molar-refractivity contribution in [3.05, 3.63) is 0 Å².